The van der Waals surface area contributed by atoms with Crippen molar-refractivity contribution >= 4 is 23.2 Å². The molecule has 1 amide bonds. The lowest BCUT2D eigenvalue weighted by molar-refractivity contribution is -0.140. The molecule has 200 valence electrons. The third-order valence-corrected chi connectivity index (χ3v) is 6.20. The van der Waals surface area contributed by atoms with E-state index in [-0.39, 0.29) is 17.6 Å². The summed E-state index contributed by atoms with van der Waals surface area (Å²) in [5, 5.41) is 3.17. The number of aromatic nitrogens is 2. The second-order valence-corrected chi connectivity index (χ2v) is 9.15. The zero-order valence-electron chi connectivity index (χ0n) is 20.6. The second kappa shape index (κ2) is 12.3. The van der Waals surface area contributed by atoms with Gasteiger partial charge in [0.25, 0.3) is 0 Å². The number of amides is 1. The van der Waals surface area contributed by atoms with Gasteiger partial charge in [0.15, 0.2) is 0 Å². The summed E-state index contributed by atoms with van der Waals surface area (Å²) in [6.45, 7) is 3.05. The normalized spacial score (nSPS) is 15.7. The zero-order chi connectivity index (χ0) is 27.1. The molecule has 2 aromatic carbocycles. The first kappa shape index (κ1) is 27.5. The molecule has 11 heteroatoms. The maximum Gasteiger partial charge on any atom is 0.432 e. The number of anilines is 1. The van der Waals surface area contributed by atoms with E-state index >= 15 is 0 Å². The molecule has 1 aromatic heterocycles. The molecule has 38 heavy (non-hydrogen) atoms. The van der Waals surface area contributed by atoms with E-state index in [0.29, 0.717) is 28.5 Å². The van der Waals surface area contributed by atoms with Crippen molar-refractivity contribution in [1.29, 1.82) is 0 Å². The third kappa shape index (κ3) is 7.51. The van der Waals surface area contributed by atoms with Crippen molar-refractivity contribution in [3.8, 4) is 29.0 Å². The van der Waals surface area contributed by atoms with Gasteiger partial charge in [-0.3, -0.25) is 4.79 Å². The minimum Gasteiger partial charge on any atom is -0.491 e. The fraction of sp³-hybridized carbons (Fsp3) is 0.333. The third-order valence-electron chi connectivity index (χ3n) is 5.97. The molecule has 2 heterocycles. The van der Waals surface area contributed by atoms with E-state index in [4.69, 9.17) is 21.1 Å². The monoisotopic (exact) mass is 546 g/mol. The average Bonchev–Trinajstić information content (AvgIpc) is 3.56. The first-order valence-corrected chi connectivity index (χ1v) is 12.3. The SMILES string of the molecule is COC1CCN(CCCOc2ccc(-c3ncc(C(F)(F)F)[nH]3)cc2NC(=O)C#Cc2cccc(Cl)c2)C1. The summed E-state index contributed by atoms with van der Waals surface area (Å²) in [6, 6.07) is 11.4. The topological polar surface area (TPSA) is 79.5 Å². The number of hydrogen-bond acceptors (Lipinski definition) is 5. The Hall–Kier alpha value is -3.52. The molecule has 1 aliphatic rings. The largest absolute Gasteiger partial charge is 0.491 e. The van der Waals surface area contributed by atoms with Crippen molar-refractivity contribution in [2.75, 3.05) is 38.7 Å². The molecule has 4 rings (SSSR count). The molecule has 7 nitrogen and oxygen atoms in total. The van der Waals surface area contributed by atoms with Crippen molar-refractivity contribution in [2.45, 2.75) is 25.1 Å². The smallest absolute Gasteiger partial charge is 0.432 e. The van der Waals surface area contributed by atoms with Gasteiger partial charge in [0, 0.05) is 48.8 Å². The van der Waals surface area contributed by atoms with Gasteiger partial charge in [0.2, 0.25) is 0 Å². The Kier molecular flexibility index (Phi) is 8.94. The second-order valence-electron chi connectivity index (χ2n) is 8.72. The van der Waals surface area contributed by atoms with Crippen LogP contribution in [-0.2, 0) is 15.7 Å². The number of alkyl halides is 3. The standard InChI is InChI=1S/C27H26ClF3N4O3/c1-37-21-10-12-35(17-21)11-3-13-38-23-8-7-19(26-32-16-24(34-26)27(29,30)31)15-22(23)33-25(36)9-6-18-4-2-5-20(28)14-18/h2,4-5,7-8,14-16,21H,3,10-13,17H2,1H3,(H,32,34)(H,33,36). The highest BCUT2D eigenvalue weighted by Crippen LogP contribution is 2.33. The first-order valence-electron chi connectivity index (χ1n) is 11.9. The van der Waals surface area contributed by atoms with Crippen molar-refractivity contribution in [3.63, 3.8) is 0 Å². The van der Waals surface area contributed by atoms with Crippen LogP contribution in [0.15, 0.2) is 48.7 Å². The van der Waals surface area contributed by atoms with Gasteiger partial charge in [-0.05, 0) is 49.2 Å². The van der Waals surface area contributed by atoms with Crippen molar-refractivity contribution < 1.29 is 27.4 Å². The fourth-order valence-electron chi connectivity index (χ4n) is 4.02. The van der Waals surface area contributed by atoms with Crippen molar-refractivity contribution in [3.05, 3.63) is 64.9 Å². The highest BCUT2D eigenvalue weighted by molar-refractivity contribution is 6.30. The molecule has 0 bridgehead atoms. The van der Waals surface area contributed by atoms with Gasteiger partial charge >= 0.3 is 12.1 Å². The van der Waals surface area contributed by atoms with Crippen LogP contribution < -0.4 is 10.1 Å². The minimum absolute atomic E-state index is 0.00566. The number of ether oxygens (including phenoxy) is 2. The summed E-state index contributed by atoms with van der Waals surface area (Å²) in [5.41, 5.74) is 0.196. The van der Waals surface area contributed by atoms with Crippen LogP contribution >= 0.6 is 11.6 Å². The Morgan fingerprint density at radius 2 is 2.13 bits per heavy atom. The maximum absolute atomic E-state index is 13.0. The molecule has 1 unspecified atom stereocenters. The number of methoxy groups -OCH3 is 1. The number of H-pyrrole nitrogens is 1. The molecule has 1 fully saturated rings. The Morgan fingerprint density at radius 1 is 1.29 bits per heavy atom. The average molecular weight is 547 g/mol. The molecule has 0 radical (unpaired) electrons. The number of aromatic amines is 1. The van der Waals surface area contributed by atoms with E-state index in [2.05, 4.69) is 32.0 Å². The Morgan fingerprint density at radius 3 is 2.84 bits per heavy atom. The number of likely N-dealkylation sites (tertiary alicyclic amines) is 1. The Bertz CT molecular complexity index is 1330. The summed E-state index contributed by atoms with van der Waals surface area (Å²) in [4.78, 5) is 21.0. The Labute approximate surface area is 223 Å². The van der Waals surface area contributed by atoms with E-state index in [1.165, 1.54) is 6.07 Å². The minimum atomic E-state index is -4.56. The lowest BCUT2D eigenvalue weighted by atomic mass is 10.1. The number of carbonyl (C=O) groups excluding carboxylic acids is 1. The molecule has 1 saturated heterocycles. The fourth-order valence-corrected chi connectivity index (χ4v) is 4.21. The van der Waals surface area contributed by atoms with Gasteiger partial charge in [-0.15, -0.1) is 0 Å². The predicted octanol–water partition coefficient (Wildman–Crippen LogP) is 5.23. The molecule has 1 aliphatic heterocycles. The summed E-state index contributed by atoms with van der Waals surface area (Å²) in [6.07, 6.45) is -1.85. The van der Waals surface area contributed by atoms with Crippen LogP contribution in [0.5, 0.6) is 5.75 Å². The zero-order valence-corrected chi connectivity index (χ0v) is 21.3. The van der Waals surface area contributed by atoms with Crippen LogP contribution in [0.25, 0.3) is 11.4 Å². The van der Waals surface area contributed by atoms with Gasteiger partial charge in [0.1, 0.15) is 17.3 Å². The number of nitrogens with one attached hydrogen (secondary N) is 2. The van der Waals surface area contributed by atoms with E-state index < -0.39 is 17.8 Å². The van der Waals surface area contributed by atoms with Crippen LogP contribution in [0.2, 0.25) is 5.02 Å². The van der Waals surface area contributed by atoms with Crippen LogP contribution in [0.3, 0.4) is 0 Å². The molecular weight excluding hydrogens is 521 g/mol. The van der Waals surface area contributed by atoms with Crippen LogP contribution in [0, 0.1) is 11.8 Å². The van der Waals surface area contributed by atoms with Gasteiger partial charge < -0.3 is 24.7 Å². The number of benzene rings is 2. The van der Waals surface area contributed by atoms with Gasteiger partial charge in [-0.25, -0.2) is 4.98 Å². The summed E-state index contributed by atoms with van der Waals surface area (Å²) in [5.74, 6) is 4.98. The molecule has 1 atom stereocenters. The van der Waals surface area contributed by atoms with E-state index in [9.17, 15) is 18.0 Å². The van der Waals surface area contributed by atoms with Crippen molar-refractivity contribution in [2.24, 2.45) is 0 Å². The number of hydrogen-bond donors (Lipinski definition) is 2. The lowest BCUT2D eigenvalue weighted by Crippen LogP contribution is -2.25. The van der Waals surface area contributed by atoms with E-state index in [0.717, 1.165) is 38.7 Å². The summed E-state index contributed by atoms with van der Waals surface area (Å²) < 4.78 is 50.4. The van der Waals surface area contributed by atoms with Crippen LogP contribution in [0.1, 0.15) is 24.1 Å². The summed E-state index contributed by atoms with van der Waals surface area (Å²) >= 11 is 5.96. The molecule has 3 aromatic rings. The number of nitrogens with zero attached hydrogens (tertiary/aromatic N) is 2. The molecule has 0 saturated carbocycles. The van der Waals surface area contributed by atoms with Gasteiger partial charge in [-0.2, -0.15) is 13.2 Å². The van der Waals surface area contributed by atoms with E-state index in [1.54, 1.807) is 43.5 Å². The van der Waals surface area contributed by atoms with Crippen molar-refractivity contribution in [1.82, 2.24) is 14.9 Å². The van der Waals surface area contributed by atoms with E-state index in [1.807, 2.05) is 0 Å². The maximum atomic E-state index is 13.0. The quantitative estimate of drug-likeness (QED) is 0.299. The van der Waals surface area contributed by atoms with Gasteiger partial charge in [-0.1, -0.05) is 23.6 Å². The molecule has 0 aliphatic carbocycles. The highest BCUT2D eigenvalue weighted by Gasteiger charge is 2.33. The highest BCUT2D eigenvalue weighted by atomic mass is 35.5. The number of rotatable bonds is 8. The molecular formula is C27H26ClF3N4O3. The number of halogens is 4. The van der Waals surface area contributed by atoms with Gasteiger partial charge in [0.05, 0.1) is 24.6 Å². The van der Waals surface area contributed by atoms with Crippen LogP contribution in [0.4, 0.5) is 18.9 Å². The summed E-state index contributed by atoms with van der Waals surface area (Å²) in [7, 11) is 1.71. The molecule has 0 spiro atoms. The Balaban J connectivity index is 1.48. The first-order chi connectivity index (χ1) is 18.2. The number of carbonyl (C=O) groups is 1. The number of imidazole rings is 1. The molecule has 2 N–H and O–H groups in total. The lowest BCUT2D eigenvalue weighted by Gasteiger charge is -2.17. The predicted molar refractivity (Wildman–Crippen MR) is 138 cm³/mol. The van der Waals surface area contributed by atoms with Crippen LogP contribution in [-0.4, -0.2) is 60.2 Å².